The van der Waals surface area contributed by atoms with Crippen molar-refractivity contribution in [3.05, 3.63) is 33.3 Å². The van der Waals surface area contributed by atoms with Crippen LogP contribution in [0.25, 0.3) is 0 Å². The Hall–Kier alpha value is -0.580. The van der Waals surface area contributed by atoms with E-state index in [9.17, 15) is 4.79 Å². The molecule has 0 spiro atoms. The van der Waals surface area contributed by atoms with Crippen molar-refractivity contribution in [1.82, 2.24) is 10.2 Å². The summed E-state index contributed by atoms with van der Waals surface area (Å²) in [6, 6.07) is 5.33. The van der Waals surface area contributed by atoms with Gasteiger partial charge in [0.1, 0.15) is 0 Å². The molecule has 1 aromatic rings. The van der Waals surface area contributed by atoms with Crippen molar-refractivity contribution < 1.29 is 4.79 Å². The van der Waals surface area contributed by atoms with E-state index in [0.29, 0.717) is 16.5 Å². The van der Waals surface area contributed by atoms with E-state index < -0.39 is 0 Å². The summed E-state index contributed by atoms with van der Waals surface area (Å²) in [5.41, 5.74) is 0.652. The molecule has 1 aliphatic rings. The molecule has 5 heteroatoms. The molecule has 3 nitrogen and oxygen atoms in total. The summed E-state index contributed by atoms with van der Waals surface area (Å²) in [5, 5.41) is 3.74. The number of nitrogens with zero attached hydrogens (tertiary/aromatic N) is 1. The molecule has 0 saturated carbocycles. The van der Waals surface area contributed by atoms with Crippen molar-refractivity contribution in [2.45, 2.75) is 6.42 Å². The second-order valence-electron chi connectivity index (χ2n) is 4.62. The fourth-order valence-electron chi connectivity index (χ4n) is 2.33. The third-order valence-electron chi connectivity index (χ3n) is 3.18. The Kier molecular flexibility index (Phi) is 4.65. The van der Waals surface area contributed by atoms with E-state index >= 15 is 0 Å². The molecule has 0 aromatic heterocycles. The summed E-state index contributed by atoms with van der Waals surface area (Å²) in [6.07, 6.45) is 1.06. The monoisotopic (exact) mass is 330 g/mol. The van der Waals surface area contributed by atoms with E-state index in [1.54, 1.807) is 12.1 Å². The van der Waals surface area contributed by atoms with Gasteiger partial charge in [-0.3, -0.25) is 4.79 Å². The van der Waals surface area contributed by atoms with Crippen molar-refractivity contribution >= 4 is 33.4 Å². The number of nitrogens with one attached hydrogen (secondary N) is 1. The zero-order valence-corrected chi connectivity index (χ0v) is 12.6. The van der Waals surface area contributed by atoms with Gasteiger partial charge >= 0.3 is 0 Å². The number of amides is 1. The summed E-state index contributed by atoms with van der Waals surface area (Å²) < 4.78 is 0.837. The van der Waals surface area contributed by atoms with Crippen LogP contribution in [0.15, 0.2) is 22.7 Å². The Bertz CT molecular complexity index is 432. The molecule has 1 amide bonds. The van der Waals surface area contributed by atoms with Crippen molar-refractivity contribution in [2.75, 3.05) is 26.7 Å². The van der Waals surface area contributed by atoms with Crippen LogP contribution in [0, 0.1) is 5.92 Å². The van der Waals surface area contributed by atoms with Crippen LogP contribution in [0.5, 0.6) is 0 Å². The quantitative estimate of drug-likeness (QED) is 0.924. The number of halogens is 2. The average molecular weight is 332 g/mol. The lowest BCUT2D eigenvalue weighted by atomic mass is 10.1. The Morgan fingerprint density at radius 3 is 3.00 bits per heavy atom. The summed E-state index contributed by atoms with van der Waals surface area (Å²) >= 11 is 9.33. The first-order chi connectivity index (χ1) is 8.60. The molecule has 1 aromatic carbocycles. The lowest BCUT2D eigenvalue weighted by Crippen LogP contribution is -2.30. The SMILES string of the molecule is CNCC1CCN(C(=O)c2cc(Cl)cc(Br)c2)C1. The van der Waals surface area contributed by atoms with Gasteiger partial charge in [-0.25, -0.2) is 0 Å². The highest BCUT2D eigenvalue weighted by Gasteiger charge is 2.26. The van der Waals surface area contributed by atoms with Crippen LogP contribution >= 0.6 is 27.5 Å². The van der Waals surface area contributed by atoms with Gasteiger partial charge in [0.25, 0.3) is 5.91 Å². The zero-order valence-electron chi connectivity index (χ0n) is 10.2. The van der Waals surface area contributed by atoms with Gasteiger partial charge in [0, 0.05) is 28.1 Å². The highest BCUT2D eigenvalue weighted by Crippen LogP contribution is 2.23. The Morgan fingerprint density at radius 2 is 2.33 bits per heavy atom. The maximum Gasteiger partial charge on any atom is 0.253 e. The number of carbonyl (C=O) groups is 1. The van der Waals surface area contributed by atoms with Gasteiger partial charge in [-0.1, -0.05) is 27.5 Å². The van der Waals surface area contributed by atoms with Gasteiger partial charge in [0.2, 0.25) is 0 Å². The molecular formula is C13H16BrClN2O. The predicted molar refractivity (Wildman–Crippen MR) is 77.1 cm³/mol. The lowest BCUT2D eigenvalue weighted by Gasteiger charge is -2.17. The van der Waals surface area contributed by atoms with Crippen LogP contribution in [0.1, 0.15) is 16.8 Å². The average Bonchev–Trinajstić information content (AvgIpc) is 2.76. The number of hydrogen-bond acceptors (Lipinski definition) is 2. The predicted octanol–water partition coefficient (Wildman–Crippen LogP) is 2.78. The molecule has 1 fully saturated rings. The summed E-state index contributed by atoms with van der Waals surface area (Å²) in [7, 11) is 1.94. The Morgan fingerprint density at radius 1 is 1.56 bits per heavy atom. The maximum absolute atomic E-state index is 12.3. The highest BCUT2D eigenvalue weighted by molar-refractivity contribution is 9.10. The van der Waals surface area contributed by atoms with Crippen molar-refractivity contribution in [3.8, 4) is 0 Å². The second-order valence-corrected chi connectivity index (χ2v) is 5.97. The van der Waals surface area contributed by atoms with Crippen LogP contribution < -0.4 is 5.32 Å². The molecule has 0 aliphatic carbocycles. The number of hydrogen-bond donors (Lipinski definition) is 1. The van der Waals surface area contributed by atoms with Crippen LogP contribution in [0.4, 0.5) is 0 Å². The van der Waals surface area contributed by atoms with Gasteiger partial charge in [0.05, 0.1) is 0 Å². The minimum absolute atomic E-state index is 0.0665. The number of rotatable bonds is 3. The van der Waals surface area contributed by atoms with Gasteiger partial charge in [-0.05, 0) is 44.1 Å². The Labute approximate surface area is 121 Å². The van der Waals surface area contributed by atoms with Gasteiger partial charge < -0.3 is 10.2 Å². The molecule has 2 rings (SSSR count). The molecule has 1 aliphatic heterocycles. The van der Waals surface area contributed by atoms with E-state index in [-0.39, 0.29) is 5.91 Å². The molecule has 98 valence electrons. The number of carbonyl (C=O) groups excluding carboxylic acids is 1. The van der Waals surface area contributed by atoms with Crippen LogP contribution in [0.2, 0.25) is 5.02 Å². The molecule has 1 saturated heterocycles. The molecule has 0 bridgehead atoms. The third kappa shape index (κ3) is 3.25. The number of likely N-dealkylation sites (tertiary alicyclic amines) is 1. The second kappa shape index (κ2) is 6.04. The molecule has 0 radical (unpaired) electrons. The van der Waals surface area contributed by atoms with Gasteiger partial charge in [-0.2, -0.15) is 0 Å². The van der Waals surface area contributed by atoms with E-state index in [1.165, 1.54) is 0 Å². The van der Waals surface area contributed by atoms with Crippen LogP contribution in [-0.4, -0.2) is 37.5 Å². The van der Waals surface area contributed by atoms with Crippen molar-refractivity contribution in [3.63, 3.8) is 0 Å². The summed E-state index contributed by atoms with van der Waals surface area (Å²) in [5.74, 6) is 0.623. The van der Waals surface area contributed by atoms with E-state index in [1.807, 2.05) is 18.0 Å². The minimum Gasteiger partial charge on any atom is -0.338 e. The highest BCUT2D eigenvalue weighted by atomic mass is 79.9. The summed E-state index contributed by atoms with van der Waals surface area (Å²) in [4.78, 5) is 14.2. The van der Waals surface area contributed by atoms with Gasteiger partial charge in [0.15, 0.2) is 0 Å². The van der Waals surface area contributed by atoms with Crippen molar-refractivity contribution in [1.29, 1.82) is 0 Å². The third-order valence-corrected chi connectivity index (χ3v) is 3.85. The van der Waals surface area contributed by atoms with Crippen molar-refractivity contribution in [2.24, 2.45) is 5.92 Å². The first-order valence-electron chi connectivity index (χ1n) is 6.00. The maximum atomic E-state index is 12.3. The Balaban J connectivity index is 2.08. The lowest BCUT2D eigenvalue weighted by molar-refractivity contribution is 0.0787. The first kappa shape index (κ1) is 13.8. The van der Waals surface area contributed by atoms with E-state index in [0.717, 1.165) is 30.5 Å². The van der Waals surface area contributed by atoms with Gasteiger partial charge in [-0.15, -0.1) is 0 Å². The molecule has 18 heavy (non-hydrogen) atoms. The molecule has 1 heterocycles. The molecule has 1 atom stereocenters. The largest absolute Gasteiger partial charge is 0.338 e. The molecular weight excluding hydrogens is 316 g/mol. The molecule has 1 N–H and O–H groups in total. The minimum atomic E-state index is 0.0665. The first-order valence-corrected chi connectivity index (χ1v) is 7.17. The zero-order chi connectivity index (χ0) is 13.1. The van der Waals surface area contributed by atoms with Crippen LogP contribution in [-0.2, 0) is 0 Å². The fourth-order valence-corrected chi connectivity index (χ4v) is 3.19. The van der Waals surface area contributed by atoms with E-state index in [4.69, 9.17) is 11.6 Å². The number of benzene rings is 1. The fraction of sp³-hybridized carbons (Fsp3) is 0.462. The normalized spacial score (nSPS) is 19.3. The topological polar surface area (TPSA) is 32.3 Å². The van der Waals surface area contributed by atoms with E-state index in [2.05, 4.69) is 21.2 Å². The molecule has 1 unspecified atom stereocenters. The standard InChI is InChI=1S/C13H16BrClN2O/c1-16-7-9-2-3-17(8-9)13(18)10-4-11(14)6-12(15)5-10/h4-6,9,16H,2-3,7-8H2,1H3. The summed E-state index contributed by atoms with van der Waals surface area (Å²) in [6.45, 7) is 2.61. The van der Waals surface area contributed by atoms with Crippen LogP contribution in [0.3, 0.4) is 0 Å². The smallest absolute Gasteiger partial charge is 0.253 e.